The van der Waals surface area contributed by atoms with E-state index in [-0.39, 0.29) is 6.10 Å². The van der Waals surface area contributed by atoms with Gasteiger partial charge in [0.15, 0.2) is 0 Å². The highest BCUT2D eigenvalue weighted by molar-refractivity contribution is 7.80. The number of nitrogens with zero attached hydrogens (tertiary/aromatic N) is 1. The second-order valence-electron chi connectivity index (χ2n) is 4.72. The van der Waals surface area contributed by atoms with Crippen LogP contribution in [0.15, 0.2) is 18.2 Å². The van der Waals surface area contributed by atoms with E-state index in [1.54, 1.807) is 0 Å². The van der Waals surface area contributed by atoms with Crippen molar-refractivity contribution in [1.29, 1.82) is 0 Å². The highest BCUT2D eigenvalue weighted by Gasteiger charge is 2.23. The Morgan fingerprint density at radius 1 is 1.59 bits per heavy atom. The standard InChI is InChI=1S/C13H18N2OS/c1-9-3-4-12-10(5-9)6-11(16-12)7-15(2)8-13(14)17/h3-5,11H,6-8H2,1-2H3,(H2,14,17). The molecule has 1 aliphatic rings. The molecule has 2 N–H and O–H groups in total. The molecule has 92 valence electrons. The Morgan fingerprint density at radius 3 is 3.06 bits per heavy atom. The van der Waals surface area contributed by atoms with Crippen LogP contribution in [0.5, 0.6) is 5.75 Å². The number of nitrogens with two attached hydrogens (primary N) is 1. The van der Waals surface area contributed by atoms with Gasteiger partial charge in [-0.05, 0) is 25.6 Å². The van der Waals surface area contributed by atoms with Crippen LogP contribution in [0.1, 0.15) is 11.1 Å². The van der Waals surface area contributed by atoms with Crippen LogP contribution in [0.3, 0.4) is 0 Å². The molecule has 0 fully saturated rings. The number of benzene rings is 1. The molecule has 3 nitrogen and oxygen atoms in total. The van der Waals surface area contributed by atoms with E-state index >= 15 is 0 Å². The molecule has 0 radical (unpaired) electrons. The van der Waals surface area contributed by atoms with Crippen molar-refractivity contribution >= 4 is 17.2 Å². The lowest BCUT2D eigenvalue weighted by atomic mass is 10.1. The molecular weight excluding hydrogens is 232 g/mol. The molecule has 0 saturated heterocycles. The van der Waals surface area contributed by atoms with Crippen LogP contribution in [0.25, 0.3) is 0 Å². The molecule has 0 saturated carbocycles. The fourth-order valence-electron chi connectivity index (χ4n) is 2.23. The quantitative estimate of drug-likeness (QED) is 0.822. The molecule has 1 aromatic rings. The van der Waals surface area contributed by atoms with E-state index in [9.17, 15) is 0 Å². The summed E-state index contributed by atoms with van der Waals surface area (Å²) in [5.41, 5.74) is 8.11. The maximum atomic E-state index is 5.89. The summed E-state index contributed by atoms with van der Waals surface area (Å²) in [5.74, 6) is 1.02. The van der Waals surface area contributed by atoms with E-state index < -0.39 is 0 Å². The first kappa shape index (κ1) is 12.3. The number of likely N-dealkylation sites (N-methyl/N-ethyl adjacent to an activating group) is 1. The second kappa shape index (κ2) is 5.02. The Hall–Kier alpha value is -1.13. The fourth-order valence-corrected chi connectivity index (χ4v) is 2.45. The minimum atomic E-state index is 0.214. The van der Waals surface area contributed by atoms with Gasteiger partial charge in [-0.3, -0.25) is 4.90 Å². The van der Waals surface area contributed by atoms with Crippen LogP contribution < -0.4 is 10.5 Å². The molecule has 4 heteroatoms. The van der Waals surface area contributed by atoms with Crippen LogP contribution >= 0.6 is 12.2 Å². The van der Waals surface area contributed by atoms with Crippen molar-refractivity contribution in [2.24, 2.45) is 5.73 Å². The van der Waals surface area contributed by atoms with Gasteiger partial charge in [0.1, 0.15) is 11.9 Å². The highest BCUT2D eigenvalue weighted by Crippen LogP contribution is 2.29. The van der Waals surface area contributed by atoms with Crippen LogP contribution in [0.4, 0.5) is 0 Å². The van der Waals surface area contributed by atoms with Crippen LogP contribution in [-0.4, -0.2) is 36.1 Å². The van der Waals surface area contributed by atoms with E-state index in [0.29, 0.717) is 11.5 Å². The molecule has 0 amide bonds. The molecule has 0 aliphatic carbocycles. The zero-order valence-electron chi connectivity index (χ0n) is 10.3. The van der Waals surface area contributed by atoms with Gasteiger partial charge in [0.05, 0.1) is 4.99 Å². The van der Waals surface area contributed by atoms with Crippen molar-refractivity contribution in [3.63, 3.8) is 0 Å². The molecule has 0 bridgehead atoms. The third kappa shape index (κ3) is 3.17. The third-order valence-corrected chi connectivity index (χ3v) is 3.03. The minimum absolute atomic E-state index is 0.214. The summed E-state index contributed by atoms with van der Waals surface area (Å²) in [4.78, 5) is 2.63. The first-order valence-corrected chi connectivity index (χ1v) is 6.18. The number of hydrogen-bond acceptors (Lipinski definition) is 3. The van der Waals surface area contributed by atoms with E-state index in [4.69, 9.17) is 22.7 Å². The molecule has 2 rings (SSSR count). The van der Waals surface area contributed by atoms with Crippen LogP contribution in [0, 0.1) is 6.92 Å². The summed E-state index contributed by atoms with van der Waals surface area (Å²) < 4.78 is 5.89. The Bertz CT molecular complexity index is 433. The number of aryl methyl sites for hydroxylation is 1. The largest absolute Gasteiger partial charge is 0.488 e. The number of ether oxygens (including phenoxy) is 1. The highest BCUT2D eigenvalue weighted by atomic mass is 32.1. The molecule has 1 heterocycles. The Balaban J connectivity index is 1.94. The van der Waals surface area contributed by atoms with E-state index in [2.05, 4.69) is 30.0 Å². The van der Waals surface area contributed by atoms with Gasteiger partial charge in [0.25, 0.3) is 0 Å². The normalized spacial score (nSPS) is 17.9. The summed E-state index contributed by atoms with van der Waals surface area (Å²) in [6, 6.07) is 6.33. The number of thiocarbonyl (C=S) groups is 1. The van der Waals surface area contributed by atoms with Crippen molar-refractivity contribution in [3.05, 3.63) is 29.3 Å². The summed E-state index contributed by atoms with van der Waals surface area (Å²) in [6.07, 6.45) is 1.18. The molecule has 1 atom stereocenters. The first-order chi connectivity index (χ1) is 8.04. The van der Waals surface area contributed by atoms with Crippen LogP contribution in [0.2, 0.25) is 0 Å². The Labute approximate surface area is 108 Å². The van der Waals surface area contributed by atoms with Crippen LogP contribution in [-0.2, 0) is 6.42 Å². The Morgan fingerprint density at radius 2 is 2.35 bits per heavy atom. The van der Waals surface area contributed by atoms with E-state index in [1.807, 2.05) is 7.05 Å². The minimum Gasteiger partial charge on any atom is -0.488 e. The average Bonchev–Trinajstić information content (AvgIpc) is 2.57. The monoisotopic (exact) mass is 250 g/mol. The first-order valence-electron chi connectivity index (χ1n) is 5.77. The number of hydrogen-bond donors (Lipinski definition) is 1. The van der Waals surface area contributed by atoms with Crippen molar-refractivity contribution in [2.45, 2.75) is 19.4 Å². The maximum Gasteiger partial charge on any atom is 0.123 e. The van der Waals surface area contributed by atoms with Gasteiger partial charge < -0.3 is 10.5 Å². The van der Waals surface area contributed by atoms with Crippen molar-refractivity contribution in [3.8, 4) is 5.75 Å². The molecular formula is C13H18N2OS. The fraction of sp³-hybridized carbons (Fsp3) is 0.462. The lowest BCUT2D eigenvalue weighted by Crippen LogP contribution is -2.36. The zero-order chi connectivity index (χ0) is 12.4. The van der Waals surface area contributed by atoms with E-state index in [0.717, 1.165) is 18.7 Å². The summed E-state index contributed by atoms with van der Waals surface area (Å²) >= 11 is 4.89. The SMILES string of the molecule is Cc1ccc2c(c1)CC(CN(C)CC(N)=S)O2. The summed E-state index contributed by atoms with van der Waals surface area (Å²) in [7, 11) is 2.01. The van der Waals surface area contributed by atoms with Gasteiger partial charge >= 0.3 is 0 Å². The van der Waals surface area contributed by atoms with Gasteiger partial charge in [-0.2, -0.15) is 0 Å². The zero-order valence-corrected chi connectivity index (χ0v) is 11.1. The van der Waals surface area contributed by atoms with Crippen molar-refractivity contribution in [2.75, 3.05) is 20.1 Å². The summed E-state index contributed by atoms with van der Waals surface area (Å²) in [5, 5.41) is 0. The second-order valence-corrected chi connectivity index (χ2v) is 5.24. The third-order valence-electron chi connectivity index (χ3n) is 2.90. The lowest BCUT2D eigenvalue weighted by Gasteiger charge is -2.19. The Kier molecular flexibility index (Phi) is 3.64. The van der Waals surface area contributed by atoms with Crippen molar-refractivity contribution in [1.82, 2.24) is 4.90 Å². The molecule has 0 aromatic heterocycles. The molecule has 17 heavy (non-hydrogen) atoms. The molecule has 1 aromatic carbocycles. The summed E-state index contributed by atoms with van der Waals surface area (Å²) in [6.45, 7) is 3.60. The average molecular weight is 250 g/mol. The van der Waals surface area contributed by atoms with Crippen molar-refractivity contribution < 1.29 is 4.74 Å². The van der Waals surface area contributed by atoms with Gasteiger partial charge in [0.2, 0.25) is 0 Å². The van der Waals surface area contributed by atoms with E-state index in [1.165, 1.54) is 11.1 Å². The van der Waals surface area contributed by atoms with Gasteiger partial charge in [0, 0.05) is 19.5 Å². The number of rotatable bonds is 4. The molecule has 1 aliphatic heterocycles. The van der Waals surface area contributed by atoms with Gasteiger partial charge in [-0.1, -0.05) is 29.9 Å². The van der Waals surface area contributed by atoms with Gasteiger partial charge in [-0.15, -0.1) is 0 Å². The predicted molar refractivity (Wildman–Crippen MR) is 73.6 cm³/mol. The molecule has 1 unspecified atom stereocenters. The maximum absolute atomic E-state index is 5.89. The number of fused-ring (bicyclic) bond motifs is 1. The smallest absolute Gasteiger partial charge is 0.123 e. The predicted octanol–water partition coefficient (Wildman–Crippen LogP) is 1.52. The topological polar surface area (TPSA) is 38.5 Å². The lowest BCUT2D eigenvalue weighted by molar-refractivity contribution is 0.178. The molecule has 0 spiro atoms. The van der Waals surface area contributed by atoms with Gasteiger partial charge in [-0.25, -0.2) is 0 Å².